The smallest absolute Gasteiger partial charge is 0.283 e. The highest BCUT2D eigenvalue weighted by molar-refractivity contribution is 8.14. The van der Waals surface area contributed by atoms with Crippen molar-refractivity contribution in [2.75, 3.05) is 17.4 Å². The Labute approximate surface area is 199 Å². The number of nitrogens with zero attached hydrogens (tertiary/aromatic N) is 2. The van der Waals surface area contributed by atoms with Crippen LogP contribution in [0.15, 0.2) is 65.3 Å². The number of ketones is 1. The largest absolute Gasteiger partial charge is 0.454 e. The van der Waals surface area contributed by atoms with Crippen LogP contribution in [0.2, 0.25) is 0 Å². The zero-order chi connectivity index (χ0) is 22.9. The Morgan fingerprint density at radius 3 is 2.64 bits per heavy atom. The maximum absolute atomic E-state index is 13.3. The maximum atomic E-state index is 13.3. The molecule has 0 saturated heterocycles. The summed E-state index contributed by atoms with van der Waals surface area (Å²) in [5.74, 6) is 1.30. The molecular formula is C25H20N2O4S2. The second-order valence-corrected chi connectivity index (χ2v) is 9.87. The lowest BCUT2D eigenvalue weighted by Crippen LogP contribution is -2.30. The number of hydrogen-bond donors (Lipinski definition) is 0. The molecule has 5 rings (SSSR count). The van der Waals surface area contributed by atoms with Gasteiger partial charge in [0.15, 0.2) is 22.4 Å². The molecule has 8 heteroatoms. The Kier molecular flexibility index (Phi) is 5.78. The number of ether oxygens (including phenoxy) is 2. The SMILES string of the molecule is Cc1ccc(N2C(=O)/C(=C/c3ccc4c(c3)OCO4)N=C2SCC(=O)c2ccc(C)s2)cc1. The first-order chi connectivity index (χ1) is 16.0. The van der Waals surface area contributed by atoms with Crippen LogP contribution in [-0.2, 0) is 4.79 Å². The number of carbonyl (C=O) groups excluding carboxylic acids is 2. The van der Waals surface area contributed by atoms with Crippen LogP contribution in [0.5, 0.6) is 11.5 Å². The Balaban J connectivity index is 1.44. The Bertz CT molecular complexity index is 1310. The van der Waals surface area contributed by atoms with E-state index in [1.165, 1.54) is 23.1 Å². The number of hydrogen-bond acceptors (Lipinski definition) is 7. The molecule has 0 unspecified atom stereocenters. The Morgan fingerprint density at radius 1 is 1.09 bits per heavy atom. The van der Waals surface area contributed by atoms with Crippen LogP contribution < -0.4 is 14.4 Å². The van der Waals surface area contributed by atoms with Gasteiger partial charge in [-0.2, -0.15) is 0 Å². The first-order valence-electron chi connectivity index (χ1n) is 10.3. The molecule has 1 amide bonds. The molecule has 2 aliphatic heterocycles. The molecule has 0 spiro atoms. The summed E-state index contributed by atoms with van der Waals surface area (Å²) in [6, 6.07) is 16.9. The van der Waals surface area contributed by atoms with Crippen LogP contribution >= 0.6 is 23.1 Å². The summed E-state index contributed by atoms with van der Waals surface area (Å²) in [6.07, 6.45) is 1.73. The van der Waals surface area contributed by atoms with Crippen LogP contribution in [0.1, 0.15) is 25.7 Å². The van der Waals surface area contributed by atoms with Crippen molar-refractivity contribution in [2.24, 2.45) is 4.99 Å². The quantitative estimate of drug-likeness (QED) is 0.362. The van der Waals surface area contributed by atoms with Crippen LogP contribution in [-0.4, -0.2) is 29.4 Å². The van der Waals surface area contributed by atoms with E-state index in [-0.39, 0.29) is 24.2 Å². The number of amidine groups is 1. The summed E-state index contributed by atoms with van der Waals surface area (Å²) in [4.78, 5) is 34.0. The van der Waals surface area contributed by atoms with Gasteiger partial charge < -0.3 is 9.47 Å². The molecule has 2 aromatic carbocycles. The average molecular weight is 477 g/mol. The number of benzene rings is 2. The van der Waals surface area contributed by atoms with E-state index in [2.05, 4.69) is 4.99 Å². The lowest BCUT2D eigenvalue weighted by atomic mass is 10.1. The molecule has 3 aromatic rings. The van der Waals surface area contributed by atoms with E-state index >= 15 is 0 Å². The first kappa shape index (κ1) is 21.5. The lowest BCUT2D eigenvalue weighted by Gasteiger charge is -2.17. The monoisotopic (exact) mass is 476 g/mol. The molecule has 3 heterocycles. The fourth-order valence-electron chi connectivity index (χ4n) is 3.46. The van der Waals surface area contributed by atoms with E-state index in [1.807, 2.05) is 68.4 Å². The van der Waals surface area contributed by atoms with Gasteiger partial charge in [0.05, 0.1) is 16.3 Å². The highest BCUT2D eigenvalue weighted by Gasteiger charge is 2.32. The molecule has 166 valence electrons. The summed E-state index contributed by atoms with van der Waals surface area (Å²) in [5, 5.41) is 0.484. The molecular weight excluding hydrogens is 456 g/mol. The summed E-state index contributed by atoms with van der Waals surface area (Å²) in [5.41, 5.74) is 2.89. The maximum Gasteiger partial charge on any atom is 0.283 e. The molecule has 0 atom stereocenters. The molecule has 0 fully saturated rings. The van der Waals surface area contributed by atoms with E-state index in [1.54, 1.807) is 11.0 Å². The zero-order valence-corrected chi connectivity index (χ0v) is 19.7. The number of aliphatic imine (C=N–C) groups is 1. The van der Waals surface area contributed by atoms with Gasteiger partial charge in [-0.05, 0) is 61.9 Å². The number of anilines is 1. The fourth-order valence-corrected chi connectivity index (χ4v) is 5.25. The first-order valence-corrected chi connectivity index (χ1v) is 12.1. The number of aryl methyl sites for hydroxylation is 2. The van der Waals surface area contributed by atoms with Gasteiger partial charge in [-0.1, -0.05) is 35.5 Å². The molecule has 0 saturated carbocycles. The second-order valence-electron chi connectivity index (χ2n) is 7.63. The Hall–Kier alpha value is -3.36. The van der Waals surface area contributed by atoms with Crippen LogP contribution in [0, 0.1) is 13.8 Å². The van der Waals surface area contributed by atoms with Crippen molar-refractivity contribution in [3.05, 3.63) is 81.2 Å². The third-order valence-corrected chi connectivity index (χ3v) is 7.15. The lowest BCUT2D eigenvalue weighted by molar-refractivity contribution is -0.113. The molecule has 2 aliphatic rings. The zero-order valence-electron chi connectivity index (χ0n) is 18.0. The van der Waals surface area contributed by atoms with Crippen molar-refractivity contribution in [1.29, 1.82) is 0 Å². The van der Waals surface area contributed by atoms with Crippen molar-refractivity contribution >= 4 is 51.7 Å². The minimum atomic E-state index is -0.238. The molecule has 1 aromatic heterocycles. The van der Waals surface area contributed by atoms with Crippen LogP contribution in [0.4, 0.5) is 5.69 Å². The van der Waals surface area contributed by atoms with Crippen molar-refractivity contribution in [3.63, 3.8) is 0 Å². The topological polar surface area (TPSA) is 68.2 Å². The van der Waals surface area contributed by atoms with Crippen LogP contribution in [0.25, 0.3) is 6.08 Å². The van der Waals surface area contributed by atoms with E-state index in [4.69, 9.17) is 9.47 Å². The standard InChI is InChI=1S/C25H20N2O4S2/c1-15-3-7-18(8-4-15)27-24(29)19(11-17-6-9-21-22(12-17)31-14-30-21)26-25(27)32-13-20(28)23-10-5-16(2)33-23/h3-12H,13-14H2,1-2H3/b19-11-. The minimum Gasteiger partial charge on any atom is -0.454 e. The van der Waals surface area contributed by atoms with E-state index in [9.17, 15) is 9.59 Å². The number of carbonyl (C=O) groups is 2. The van der Waals surface area contributed by atoms with Gasteiger partial charge >= 0.3 is 0 Å². The van der Waals surface area contributed by atoms with E-state index in [0.717, 1.165) is 16.0 Å². The highest BCUT2D eigenvalue weighted by Crippen LogP contribution is 2.35. The summed E-state index contributed by atoms with van der Waals surface area (Å²) in [6.45, 7) is 4.15. The molecule has 0 bridgehead atoms. The highest BCUT2D eigenvalue weighted by atomic mass is 32.2. The third kappa shape index (κ3) is 4.44. The van der Waals surface area contributed by atoms with Gasteiger partial charge in [-0.25, -0.2) is 4.99 Å². The van der Waals surface area contributed by atoms with Gasteiger partial charge in [0.1, 0.15) is 5.70 Å². The van der Waals surface area contributed by atoms with Gasteiger partial charge in [0.2, 0.25) is 6.79 Å². The third-order valence-electron chi connectivity index (χ3n) is 5.17. The van der Waals surface area contributed by atoms with Gasteiger partial charge in [-0.3, -0.25) is 14.5 Å². The van der Waals surface area contributed by atoms with Crippen molar-refractivity contribution in [1.82, 2.24) is 0 Å². The second kappa shape index (κ2) is 8.88. The van der Waals surface area contributed by atoms with Crippen molar-refractivity contribution < 1.29 is 19.1 Å². The number of rotatable bonds is 5. The van der Waals surface area contributed by atoms with E-state index < -0.39 is 0 Å². The van der Waals surface area contributed by atoms with E-state index in [0.29, 0.717) is 32.9 Å². The number of thiophene rings is 1. The summed E-state index contributed by atoms with van der Waals surface area (Å²) < 4.78 is 10.8. The number of amides is 1. The molecule has 0 radical (unpaired) electrons. The summed E-state index contributed by atoms with van der Waals surface area (Å²) >= 11 is 2.74. The average Bonchev–Trinajstić information content (AvgIpc) is 3.52. The number of Topliss-reactive ketones (excluding diaryl/α,β-unsaturated/α-hetero) is 1. The van der Waals surface area contributed by atoms with Crippen LogP contribution in [0.3, 0.4) is 0 Å². The number of fused-ring (bicyclic) bond motifs is 1. The molecule has 0 N–H and O–H groups in total. The molecule has 33 heavy (non-hydrogen) atoms. The normalized spacial score (nSPS) is 15.9. The van der Waals surface area contributed by atoms with Crippen molar-refractivity contribution in [3.8, 4) is 11.5 Å². The Morgan fingerprint density at radius 2 is 1.88 bits per heavy atom. The predicted octanol–water partition coefficient (Wildman–Crippen LogP) is 5.45. The van der Waals surface area contributed by atoms with Gasteiger partial charge in [0.25, 0.3) is 5.91 Å². The minimum absolute atomic E-state index is 0.0188. The van der Waals surface area contributed by atoms with Gasteiger partial charge in [0, 0.05) is 4.88 Å². The predicted molar refractivity (Wildman–Crippen MR) is 132 cm³/mol. The fraction of sp³-hybridized carbons (Fsp3) is 0.160. The summed E-state index contributed by atoms with van der Waals surface area (Å²) in [7, 11) is 0. The molecule has 0 aliphatic carbocycles. The van der Waals surface area contributed by atoms with Crippen molar-refractivity contribution in [2.45, 2.75) is 13.8 Å². The molecule has 6 nitrogen and oxygen atoms in total. The number of thioether (sulfide) groups is 1. The van der Waals surface area contributed by atoms with Gasteiger partial charge in [-0.15, -0.1) is 11.3 Å².